The number of amides is 1. The van der Waals surface area contributed by atoms with Crippen molar-refractivity contribution in [2.24, 2.45) is 16.3 Å². The largest absolute Gasteiger partial charge is 0.497 e. The first kappa shape index (κ1) is 20.8. The lowest BCUT2D eigenvalue weighted by Crippen LogP contribution is -2.46. The van der Waals surface area contributed by atoms with E-state index in [1.54, 1.807) is 7.11 Å². The number of hydrogen-bond donors (Lipinski definition) is 0. The fraction of sp³-hybridized carbons (Fsp3) is 0.560. The van der Waals surface area contributed by atoms with Gasteiger partial charge in [0.25, 0.3) is 0 Å². The molecule has 1 fully saturated rings. The van der Waals surface area contributed by atoms with Gasteiger partial charge in [0.2, 0.25) is 5.91 Å². The highest BCUT2D eigenvalue weighted by Gasteiger charge is 2.46. The van der Waals surface area contributed by atoms with Crippen molar-refractivity contribution in [1.82, 2.24) is 4.90 Å². The first-order valence-electron chi connectivity index (χ1n) is 11.0. The molecule has 1 aliphatic carbocycles. The van der Waals surface area contributed by atoms with Gasteiger partial charge in [-0.25, -0.2) is 0 Å². The van der Waals surface area contributed by atoms with Crippen molar-refractivity contribution < 1.29 is 14.3 Å². The van der Waals surface area contributed by atoms with Crippen LogP contribution in [-0.4, -0.2) is 42.5 Å². The molecule has 0 aromatic heterocycles. The zero-order valence-corrected chi connectivity index (χ0v) is 18.5. The van der Waals surface area contributed by atoms with Crippen LogP contribution in [0.15, 0.2) is 40.5 Å². The van der Waals surface area contributed by atoms with Gasteiger partial charge in [0.1, 0.15) is 5.75 Å². The maximum absolute atomic E-state index is 13.7. The average molecular weight is 409 g/mol. The highest BCUT2D eigenvalue weighted by molar-refractivity contribution is 6.10. The highest BCUT2D eigenvalue weighted by Crippen LogP contribution is 2.48. The second-order valence-electron chi connectivity index (χ2n) is 9.67. The Morgan fingerprint density at radius 3 is 2.40 bits per heavy atom. The van der Waals surface area contributed by atoms with Gasteiger partial charge in [-0.3, -0.25) is 14.6 Å². The molecule has 1 aromatic rings. The monoisotopic (exact) mass is 408 g/mol. The predicted octanol–water partition coefficient (Wildman–Crippen LogP) is 4.53. The number of rotatable bonds is 3. The minimum Gasteiger partial charge on any atom is -0.497 e. The van der Waals surface area contributed by atoms with Crippen LogP contribution in [-0.2, 0) is 9.59 Å². The summed E-state index contributed by atoms with van der Waals surface area (Å²) in [6.07, 6.45) is 4.53. The number of nitrogens with zero attached hydrogens (tertiary/aromatic N) is 2. The first-order chi connectivity index (χ1) is 14.3. The molecule has 0 radical (unpaired) electrons. The molecule has 2 aliphatic heterocycles. The van der Waals surface area contributed by atoms with Crippen LogP contribution in [0.2, 0.25) is 0 Å². The summed E-state index contributed by atoms with van der Waals surface area (Å²) in [6.45, 7) is 7.79. The van der Waals surface area contributed by atoms with E-state index < -0.39 is 5.92 Å². The third-order valence-corrected chi connectivity index (χ3v) is 6.71. The Bertz CT molecular complexity index is 905. The number of piperidine rings is 1. The Morgan fingerprint density at radius 1 is 1.10 bits per heavy atom. The van der Waals surface area contributed by atoms with Crippen molar-refractivity contribution in [1.29, 1.82) is 0 Å². The zero-order chi connectivity index (χ0) is 21.5. The molecule has 0 N–H and O–H groups in total. The van der Waals surface area contributed by atoms with Gasteiger partial charge in [-0.1, -0.05) is 26.0 Å². The smallest absolute Gasteiger partial charge is 0.232 e. The summed E-state index contributed by atoms with van der Waals surface area (Å²) >= 11 is 0. The van der Waals surface area contributed by atoms with E-state index in [2.05, 4.69) is 13.8 Å². The minimum atomic E-state index is -0.416. The minimum absolute atomic E-state index is 0.103. The molecule has 1 amide bonds. The molecular formula is C25H32N2O3. The van der Waals surface area contributed by atoms with Crippen molar-refractivity contribution >= 4 is 17.4 Å². The van der Waals surface area contributed by atoms with Gasteiger partial charge < -0.3 is 9.64 Å². The van der Waals surface area contributed by atoms with E-state index in [9.17, 15) is 9.59 Å². The van der Waals surface area contributed by atoms with Gasteiger partial charge >= 0.3 is 0 Å². The number of likely N-dealkylation sites (tertiary alicyclic amines) is 1. The van der Waals surface area contributed by atoms with E-state index in [-0.39, 0.29) is 23.0 Å². The summed E-state index contributed by atoms with van der Waals surface area (Å²) < 4.78 is 5.32. The fourth-order valence-electron chi connectivity index (χ4n) is 5.25. The third-order valence-electron chi connectivity index (χ3n) is 6.71. The van der Waals surface area contributed by atoms with Crippen molar-refractivity contribution in [2.75, 3.05) is 20.2 Å². The molecule has 30 heavy (non-hydrogen) atoms. The molecule has 4 rings (SSSR count). The Labute approximate surface area is 179 Å². The van der Waals surface area contributed by atoms with Gasteiger partial charge in [0, 0.05) is 42.4 Å². The summed E-state index contributed by atoms with van der Waals surface area (Å²) in [7, 11) is 1.64. The standard InChI is InChI=1S/C25H32N2O3/c1-16-21(24(29)27-12-6-5-7-13-27)22(17-8-10-18(30-4)11-9-17)23-19(26-16)14-25(2,3)15-20(23)28/h8-11,21-22H,5-7,12-15H2,1-4H3/t21?,22-/m0/s1. The Morgan fingerprint density at radius 2 is 1.77 bits per heavy atom. The van der Waals surface area contributed by atoms with E-state index >= 15 is 0 Å². The van der Waals surface area contributed by atoms with Crippen LogP contribution in [0.1, 0.15) is 64.4 Å². The van der Waals surface area contributed by atoms with E-state index in [1.165, 1.54) is 6.42 Å². The lowest BCUT2D eigenvalue weighted by molar-refractivity contribution is -0.134. The number of ketones is 1. The molecule has 1 saturated heterocycles. The lowest BCUT2D eigenvalue weighted by atomic mass is 9.66. The quantitative estimate of drug-likeness (QED) is 0.739. The van der Waals surface area contributed by atoms with Crippen LogP contribution in [0, 0.1) is 11.3 Å². The second-order valence-corrected chi connectivity index (χ2v) is 9.67. The molecule has 0 saturated carbocycles. The van der Waals surface area contributed by atoms with Crippen LogP contribution in [0.3, 0.4) is 0 Å². The summed E-state index contributed by atoms with van der Waals surface area (Å²) in [4.78, 5) is 33.8. The van der Waals surface area contributed by atoms with Gasteiger partial charge in [-0.2, -0.15) is 0 Å². The summed E-state index contributed by atoms with van der Waals surface area (Å²) in [6, 6.07) is 7.82. The normalized spacial score (nSPS) is 26.2. The maximum atomic E-state index is 13.7. The Balaban J connectivity index is 1.80. The Kier molecular flexibility index (Phi) is 5.56. The topological polar surface area (TPSA) is 59.0 Å². The fourth-order valence-corrected chi connectivity index (χ4v) is 5.25. The first-order valence-corrected chi connectivity index (χ1v) is 11.0. The number of benzene rings is 1. The molecule has 1 unspecified atom stereocenters. The van der Waals surface area contributed by atoms with Gasteiger partial charge in [0.05, 0.1) is 13.0 Å². The van der Waals surface area contributed by atoms with E-state index in [4.69, 9.17) is 9.73 Å². The van der Waals surface area contributed by atoms with Crippen LogP contribution in [0.4, 0.5) is 0 Å². The Hall–Kier alpha value is -2.43. The average Bonchev–Trinajstić information content (AvgIpc) is 2.72. The number of hydrogen-bond acceptors (Lipinski definition) is 4. The van der Waals surface area contributed by atoms with Crippen LogP contribution in [0.25, 0.3) is 0 Å². The molecule has 3 aliphatic rings. The molecule has 0 bridgehead atoms. The number of carbonyl (C=O) groups excluding carboxylic acids is 2. The molecule has 1 aromatic carbocycles. The van der Waals surface area contributed by atoms with Gasteiger partial charge in [0.15, 0.2) is 5.78 Å². The summed E-state index contributed by atoms with van der Waals surface area (Å²) in [5, 5.41) is 0. The van der Waals surface area contributed by atoms with E-state index in [0.29, 0.717) is 6.42 Å². The molecule has 160 valence electrons. The molecule has 2 heterocycles. The van der Waals surface area contributed by atoms with Gasteiger partial charge in [-0.15, -0.1) is 0 Å². The van der Waals surface area contributed by atoms with E-state index in [0.717, 1.165) is 60.6 Å². The highest BCUT2D eigenvalue weighted by atomic mass is 16.5. The molecule has 5 heteroatoms. The number of methoxy groups -OCH3 is 1. The van der Waals surface area contributed by atoms with E-state index in [1.807, 2.05) is 36.1 Å². The number of allylic oxidation sites excluding steroid dienone is 2. The van der Waals surface area contributed by atoms with Crippen LogP contribution >= 0.6 is 0 Å². The van der Waals surface area contributed by atoms with Gasteiger partial charge in [-0.05, 0) is 55.7 Å². The second kappa shape index (κ2) is 8.01. The van der Waals surface area contributed by atoms with Crippen molar-refractivity contribution in [3.8, 4) is 5.75 Å². The van der Waals surface area contributed by atoms with Crippen LogP contribution < -0.4 is 4.74 Å². The van der Waals surface area contributed by atoms with Crippen molar-refractivity contribution in [3.05, 3.63) is 41.1 Å². The SMILES string of the molecule is COc1ccc([C@@H]2C3=C(CC(C)(C)CC3=O)N=C(C)C2C(=O)N2CCCCC2)cc1. The molecule has 2 atom stereocenters. The number of Topliss-reactive ketones (excluding diaryl/α,β-unsaturated/α-hetero) is 1. The van der Waals surface area contributed by atoms with Crippen LogP contribution in [0.5, 0.6) is 5.75 Å². The number of aliphatic imine (C=N–C) groups is 1. The molecule has 5 nitrogen and oxygen atoms in total. The van der Waals surface area contributed by atoms with Crippen molar-refractivity contribution in [2.45, 2.75) is 58.8 Å². The molecular weight excluding hydrogens is 376 g/mol. The third kappa shape index (κ3) is 3.82. The summed E-state index contributed by atoms with van der Waals surface area (Å²) in [5.41, 5.74) is 3.34. The predicted molar refractivity (Wildman–Crippen MR) is 118 cm³/mol. The zero-order valence-electron chi connectivity index (χ0n) is 18.5. The summed E-state index contributed by atoms with van der Waals surface area (Å²) in [5.74, 6) is 0.321. The number of carbonyl (C=O) groups is 2. The maximum Gasteiger partial charge on any atom is 0.232 e. The van der Waals surface area contributed by atoms with Crippen molar-refractivity contribution in [3.63, 3.8) is 0 Å². The lowest BCUT2D eigenvalue weighted by Gasteiger charge is -2.41. The number of ether oxygens (including phenoxy) is 1. The molecule has 0 spiro atoms.